The molecule has 1 aromatic rings. The van der Waals surface area contributed by atoms with Crippen molar-refractivity contribution < 1.29 is 23.9 Å². The van der Waals surface area contributed by atoms with Crippen molar-refractivity contribution in [2.24, 2.45) is 0 Å². The van der Waals surface area contributed by atoms with Crippen molar-refractivity contribution >= 4 is 17.8 Å². The fourth-order valence-electron chi connectivity index (χ4n) is 1.28. The molecule has 0 aromatic carbocycles. The SMILES string of the molecule is CC(NC(=O)c1cc(C(=O)O)co1)C(=O)N(C)C. The van der Waals surface area contributed by atoms with E-state index in [4.69, 9.17) is 9.52 Å². The molecule has 18 heavy (non-hydrogen) atoms. The number of hydrogen-bond acceptors (Lipinski definition) is 4. The fourth-order valence-corrected chi connectivity index (χ4v) is 1.28. The number of aromatic carboxylic acids is 1. The third-order valence-electron chi connectivity index (χ3n) is 2.23. The molecule has 0 aliphatic rings. The summed E-state index contributed by atoms with van der Waals surface area (Å²) in [5.74, 6) is -2.24. The van der Waals surface area contributed by atoms with Gasteiger partial charge >= 0.3 is 5.97 Å². The molecule has 0 saturated heterocycles. The standard InChI is InChI=1S/C11H14N2O5/c1-6(10(15)13(2)3)12-9(14)8-4-7(5-18-8)11(16)17/h4-6H,1-3H3,(H,12,14)(H,16,17). The Balaban J connectivity index is 2.70. The minimum Gasteiger partial charge on any atom is -0.478 e. The molecule has 0 aliphatic heterocycles. The van der Waals surface area contributed by atoms with E-state index in [1.54, 1.807) is 14.1 Å². The summed E-state index contributed by atoms with van der Waals surface area (Å²) in [4.78, 5) is 35.1. The summed E-state index contributed by atoms with van der Waals surface area (Å²) >= 11 is 0. The van der Waals surface area contributed by atoms with Crippen molar-refractivity contribution in [3.05, 3.63) is 23.7 Å². The van der Waals surface area contributed by atoms with Gasteiger partial charge in [0.2, 0.25) is 5.91 Å². The van der Waals surface area contributed by atoms with Crippen LogP contribution in [0.4, 0.5) is 0 Å². The van der Waals surface area contributed by atoms with Crippen LogP contribution in [-0.4, -0.2) is 47.9 Å². The number of carbonyl (C=O) groups excluding carboxylic acids is 2. The molecule has 1 heterocycles. The average molecular weight is 254 g/mol. The number of nitrogens with zero attached hydrogens (tertiary/aromatic N) is 1. The first-order valence-corrected chi connectivity index (χ1v) is 5.16. The van der Waals surface area contributed by atoms with E-state index in [9.17, 15) is 14.4 Å². The van der Waals surface area contributed by atoms with Crippen LogP contribution in [0.15, 0.2) is 16.7 Å². The maximum atomic E-state index is 11.6. The van der Waals surface area contributed by atoms with E-state index in [-0.39, 0.29) is 17.2 Å². The van der Waals surface area contributed by atoms with Gasteiger partial charge < -0.3 is 19.7 Å². The second-order valence-electron chi connectivity index (χ2n) is 3.93. The summed E-state index contributed by atoms with van der Waals surface area (Å²) in [7, 11) is 3.14. The molecule has 0 bridgehead atoms. The molecule has 7 heteroatoms. The molecule has 1 atom stereocenters. The number of furan rings is 1. The maximum absolute atomic E-state index is 11.6. The van der Waals surface area contributed by atoms with E-state index in [0.717, 1.165) is 12.3 Å². The maximum Gasteiger partial charge on any atom is 0.338 e. The third-order valence-corrected chi connectivity index (χ3v) is 2.23. The van der Waals surface area contributed by atoms with E-state index in [1.165, 1.54) is 11.8 Å². The molecular formula is C11H14N2O5. The second-order valence-corrected chi connectivity index (χ2v) is 3.93. The third kappa shape index (κ3) is 3.09. The van der Waals surface area contributed by atoms with Gasteiger partial charge in [0.1, 0.15) is 12.3 Å². The quantitative estimate of drug-likeness (QED) is 0.798. The van der Waals surface area contributed by atoms with Gasteiger partial charge in [0.05, 0.1) is 5.56 Å². The van der Waals surface area contributed by atoms with Gasteiger partial charge in [-0.1, -0.05) is 0 Å². The molecule has 1 aromatic heterocycles. The number of carbonyl (C=O) groups is 3. The number of likely N-dealkylation sites (N-methyl/N-ethyl adjacent to an activating group) is 1. The number of amides is 2. The molecule has 0 aliphatic carbocycles. The molecule has 0 fully saturated rings. The van der Waals surface area contributed by atoms with E-state index >= 15 is 0 Å². The number of carboxylic acids is 1. The van der Waals surface area contributed by atoms with Crippen LogP contribution < -0.4 is 5.32 Å². The highest BCUT2D eigenvalue weighted by atomic mass is 16.4. The first kappa shape index (κ1) is 13.8. The van der Waals surface area contributed by atoms with Gasteiger partial charge in [-0.15, -0.1) is 0 Å². The molecule has 2 N–H and O–H groups in total. The Labute approximate surface area is 103 Å². The van der Waals surface area contributed by atoms with E-state index in [0.29, 0.717) is 0 Å². The van der Waals surface area contributed by atoms with Crippen molar-refractivity contribution in [3.8, 4) is 0 Å². The Hall–Kier alpha value is -2.31. The van der Waals surface area contributed by atoms with Crippen LogP contribution in [0.3, 0.4) is 0 Å². The first-order chi connectivity index (χ1) is 8.32. The Kier molecular flexibility index (Phi) is 4.09. The molecule has 2 amide bonds. The van der Waals surface area contributed by atoms with Crippen LogP contribution in [0, 0.1) is 0 Å². The Morgan fingerprint density at radius 1 is 1.39 bits per heavy atom. The highest BCUT2D eigenvalue weighted by Gasteiger charge is 2.20. The van der Waals surface area contributed by atoms with Crippen molar-refractivity contribution in [1.82, 2.24) is 10.2 Å². The van der Waals surface area contributed by atoms with Gasteiger partial charge in [0, 0.05) is 20.2 Å². The van der Waals surface area contributed by atoms with Crippen molar-refractivity contribution in [3.63, 3.8) is 0 Å². The lowest BCUT2D eigenvalue weighted by atomic mass is 10.2. The molecular weight excluding hydrogens is 240 g/mol. The molecule has 1 rings (SSSR count). The lowest BCUT2D eigenvalue weighted by molar-refractivity contribution is -0.130. The zero-order valence-electron chi connectivity index (χ0n) is 10.3. The summed E-state index contributed by atoms with van der Waals surface area (Å²) in [6.45, 7) is 1.53. The van der Waals surface area contributed by atoms with E-state index < -0.39 is 17.9 Å². The van der Waals surface area contributed by atoms with Gasteiger partial charge in [-0.2, -0.15) is 0 Å². The topological polar surface area (TPSA) is 99.9 Å². The van der Waals surface area contributed by atoms with E-state index in [1.807, 2.05) is 0 Å². The minimum atomic E-state index is -1.18. The number of rotatable bonds is 4. The molecule has 7 nitrogen and oxygen atoms in total. The summed E-state index contributed by atoms with van der Waals surface area (Å²) < 4.78 is 4.81. The molecule has 98 valence electrons. The molecule has 0 spiro atoms. The smallest absolute Gasteiger partial charge is 0.338 e. The predicted molar refractivity (Wildman–Crippen MR) is 61.3 cm³/mol. The summed E-state index contributed by atoms with van der Waals surface area (Å²) in [5, 5.41) is 11.1. The van der Waals surface area contributed by atoms with Crippen LogP contribution in [0.2, 0.25) is 0 Å². The molecule has 1 unspecified atom stereocenters. The number of carboxylic acid groups (broad SMARTS) is 1. The van der Waals surface area contributed by atoms with Crippen LogP contribution in [0.5, 0.6) is 0 Å². The average Bonchev–Trinajstić information content (AvgIpc) is 2.76. The normalized spacial score (nSPS) is 11.7. The Morgan fingerprint density at radius 2 is 2.00 bits per heavy atom. The second kappa shape index (κ2) is 5.35. The zero-order chi connectivity index (χ0) is 13.9. The van der Waals surface area contributed by atoms with Gasteiger partial charge in [-0.05, 0) is 6.92 Å². The predicted octanol–water partition coefficient (Wildman–Crippen LogP) is 0.184. The van der Waals surface area contributed by atoms with Crippen molar-refractivity contribution in [2.75, 3.05) is 14.1 Å². The monoisotopic (exact) mass is 254 g/mol. The van der Waals surface area contributed by atoms with Crippen molar-refractivity contribution in [2.45, 2.75) is 13.0 Å². The largest absolute Gasteiger partial charge is 0.478 e. The van der Waals surface area contributed by atoms with E-state index in [2.05, 4.69) is 5.32 Å². The van der Waals surface area contributed by atoms with Gasteiger partial charge in [-0.25, -0.2) is 4.79 Å². The summed E-state index contributed by atoms with van der Waals surface area (Å²) in [6.07, 6.45) is 0.968. The fraction of sp³-hybridized carbons (Fsp3) is 0.364. The van der Waals surface area contributed by atoms with Crippen LogP contribution in [0.1, 0.15) is 27.8 Å². The van der Waals surface area contributed by atoms with Crippen LogP contribution >= 0.6 is 0 Å². The highest BCUT2D eigenvalue weighted by molar-refractivity contribution is 5.97. The van der Waals surface area contributed by atoms with Gasteiger partial charge in [-0.3, -0.25) is 9.59 Å². The van der Waals surface area contributed by atoms with Crippen LogP contribution in [-0.2, 0) is 4.79 Å². The first-order valence-electron chi connectivity index (χ1n) is 5.16. The number of hydrogen-bond donors (Lipinski definition) is 2. The highest BCUT2D eigenvalue weighted by Crippen LogP contribution is 2.08. The Morgan fingerprint density at radius 3 is 2.44 bits per heavy atom. The summed E-state index contributed by atoms with van der Waals surface area (Å²) in [6, 6.07) is 0.385. The van der Waals surface area contributed by atoms with Crippen LogP contribution in [0.25, 0.3) is 0 Å². The van der Waals surface area contributed by atoms with Crippen molar-refractivity contribution in [1.29, 1.82) is 0 Å². The van der Waals surface area contributed by atoms with Gasteiger partial charge in [0.15, 0.2) is 5.76 Å². The number of nitrogens with one attached hydrogen (secondary N) is 1. The Bertz CT molecular complexity index is 478. The zero-order valence-corrected chi connectivity index (χ0v) is 10.3. The minimum absolute atomic E-state index is 0.119. The lowest BCUT2D eigenvalue weighted by Gasteiger charge is -2.17. The summed E-state index contributed by atoms with van der Waals surface area (Å²) in [5.41, 5.74) is -0.119. The lowest BCUT2D eigenvalue weighted by Crippen LogP contribution is -2.44. The molecule has 0 radical (unpaired) electrons. The van der Waals surface area contributed by atoms with Gasteiger partial charge in [0.25, 0.3) is 5.91 Å². The molecule has 0 saturated carbocycles.